The Balaban J connectivity index is 2.00. The first kappa shape index (κ1) is 15.4. The van der Waals surface area contributed by atoms with Crippen molar-refractivity contribution in [1.82, 2.24) is 0 Å². The highest BCUT2D eigenvalue weighted by atomic mass is 35.5. The van der Waals surface area contributed by atoms with Crippen LogP contribution in [-0.4, -0.2) is 12.0 Å². The predicted molar refractivity (Wildman–Crippen MR) is 86.1 cm³/mol. The monoisotopic (exact) mass is 303 g/mol. The molecule has 4 heteroatoms. The van der Waals surface area contributed by atoms with Gasteiger partial charge in [-0.3, -0.25) is 4.79 Å². The fourth-order valence-electron chi connectivity index (χ4n) is 1.91. The molecule has 0 spiro atoms. The van der Waals surface area contributed by atoms with Gasteiger partial charge < -0.3 is 10.1 Å². The van der Waals surface area contributed by atoms with Crippen molar-refractivity contribution in [3.8, 4) is 5.75 Å². The second-order valence-corrected chi connectivity index (χ2v) is 5.44. The van der Waals surface area contributed by atoms with E-state index in [1.54, 1.807) is 19.1 Å². The second-order valence-electron chi connectivity index (χ2n) is 5.03. The van der Waals surface area contributed by atoms with Crippen molar-refractivity contribution in [2.75, 3.05) is 5.32 Å². The van der Waals surface area contributed by atoms with Gasteiger partial charge >= 0.3 is 0 Å². The molecule has 1 atom stereocenters. The van der Waals surface area contributed by atoms with Crippen LogP contribution < -0.4 is 10.1 Å². The Labute approximate surface area is 129 Å². The summed E-state index contributed by atoms with van der Waals surface area (Å²) in [6.07, 6.45) is -0.592. The molecular weight excluding hydrogens is 286 g/mol. The van der Waals surface area contributed by atoms with Gasteiger partial charge in [0.15, 0.2) is 6.10 Å². The number of aryl methyl sites for hydroxylation is 2. The van der Waals surface area contributed by atoms with E-state index in [9.17, 15) is 4.79 Å². The lowest BCUT2D eigenvalue weighted by Gasteiger charge is -2.15. The maximum Gasteiger partial charge on any atom is 0.265 e. The molecule has 0 aliphatic heterocycles. The van der Waals surface area contributed by atoms with Crippen molar-refractivity contribution in [2.24, 2.45) is 0 Å². The summed E-state index contributed by atoms with van der Waals surface area (Å²) in [6.45, 7) is 5.59. The summed E-state index contributed by atoms with van der Waals surface area (Å²) < 4.78 is 5.64. The average Bonchev–Trinajstić information content (AvgIpc) is 2.43. The van der Waals surface area contributed by atoms with Crippen LogP contribution in [0.2, 0.25) is 5.02 Å². The van der Waals surface area contributed by atoms with Crippen molar-refractivity contribution >= 4 is 23.2 Å². The van der Waals surface area contributed by atoms with Crippen molar-refractivity contribution < 1.29 is 9.53 Å². The molecule has 1 amide bonds. The van der Waals surface area contributed by atoms with Crippen molar-refractivity contribution in [2.45, 2.75) is 26.9 Å². The fourth-order valence-corrected chi connectivity index (χ4v) is 2.03. The summed E-state index contributed by atoms with van der Waals surface area (Å²) >= 11 is 5.97. The van der Waals surface area contributed by atoms with Gasteiger partial charge in [0, 0.05) is 10.7 Å². The molecule has 0 aromatic heterocycles. The molecule has 21 heavy (non-hydrogen) atoms. The molecule has 3 nitrogen and oxygen atoms in total. The Kier molecular flexibility index (Phi) is 4.86. The highest BCUT2D eigenvalue weighted by Crippen LogP contribution is 2.22. The SMILES string of the molecule is Cc1cccc(NC(=O)[C@H](C)Oc2ccc(Cl)c(C)c2)c1. The lowest BCUT2D eigenvalue weighted by molar-refractivity contribution is -0.122. The lowest BCUT2D eigenvalue weighted by Crippen LogP contribution is -2.30. The van der Waals surface area contributed by atoms with Gasteiger partial charge in [0.2, 0.25) is 0 Å². The van der Waals surface area contributed by atoms with Gasteiger partial charge in [0.05, 0.1) is 0 Å². The minimum Gasteiger partial charge on any atom is -0.481 e. The van der Waals surface area contributed by atoms with Gasteiger partial charge in [0.1, 0.15) is 5.75 Å². The normalized spacial score (nSPS) is 11.8. The number of ether oxygens (including phenoxy) is 1. The number of benzene rings is 2. The quantitative estimate of drug-likeness (QED) is 0.911. The van der Waals surface area contributed by atoms with E-state index in [0.29, 0.717) is 10.8 Å². The van der Waals surface area contributed by atoms with E-state index in [4.69, 9.17) is 16.3 Å². The van der Waals surface area contributed by atoms with Gasteiger partial charge in [-0.15, -0.1) is 0 Å². The highest BCUT2D eigenvalue weighted by Gasteiger charge is 2.15. The molecule has 2 aromatic rings. The maximum atomic E-state index is 12.1. The summed E-state index contributed by atoms with van der Waals surface area (Å²) in [4.78, 5) is 12.1. The number of anilines is 1. The molecule has 0 aliphatic rings. The second kappa shape index (κ2) is 6.64. The molecule has 2 aromatic carbocycles. The number of carbonyl (C=O) groups is 1. The van der Waals surface area contributed by atoms with Crippen LogP contribution in [0.5, 0.6) is 5.75 Å². The summed E-state index contributed by atoms with van der Waals surface area (Å²) in [5, 5.41) is 3.52. The Morgan fingerprint density at radius 3 is 2.62 bits per heavy atom. The van der Waals surface area contributed by atoms with Crippen molar-refractivity contribution in [3.05, 3.63) is 58.6 Å². The van der Waals surface area contributed by atoms with Crippen LogP contribution in [0, 0.1) is 13.8 Å². The number of carbonyl (C=O) groups excluding carboxylic acids is 1. The molecule has 0 radical (unpaired) electrons. The molecule has 0 heterocycles. The lowest BCUT2D eigenvalue weighted by atomic mass is 10.2. The average molecular weight is 304 g/mol. The van der Waals surface area contributed by atoms with Crippen LogP contribution in [0.1, 0.15) is 18.1 Å². The minimum absolute atomic E-state index is 0.187. The molecule has 0 fully saturated rings. The zero-order valence-corrected chi connectivity index (χ0v) is 13.1. The molecule has 0 saturated carbocycles. The molecule has 0 saturated heterocycles. The predicted octanol–water partition coefficient (Wildman–Crippen LogP) is 4.36. The Morgan fingerprint density at radius 2 is 1.95 bits per heavy atom. The summed E-state index contributed by atoms with van der Waals surface area (Å²) in [7, 11) is 0. The standard InChI is InChI=1S/C17H18ClNO2/c1-11-5-4-6-14(9-11)19-17(20)13(3)21-15-7-8-16(18)12(2)10-15/h4-10,13H,1-3H3,(H,19,20)/t13-/m0/s1. The smallest absolute Gasteiger partial charge is 0.265 e. The third kappa shape index (κ3) is 4.23. The zero-order chi connectivity index (χ0) is 15.4. The Hall–Kier alpha value is -2.00. The first-order chi connectivity index (χ1) is 9.95. The Bertz CT molecular complexity index is 655. The van der Waals surface area contributed by atoms with E-state index in [1.165, 1.54) is 0 Å². The van der Waals surface area contributed by atoms with E-state index in [1.807, 2.05) is 44.2 Å². The largest absolute Gasteiger partial charge is 0.481 e. The van der Waals surface area contributed by atoms with E-state index in [0.717, 1.165) is 16.8 Å². The molecular formula is C17H18ClNO2. The van der Waals surface area contributed by atoms with E-state index in [-0.39, 0.29) is 5.91 Å². The van der Waals surface area contributed by atoms with Crippen molar-refractivity contribution in [3.63, 3.8) is 0 Å². The summed E-state index contributed by atoms with van der Waals surface area (Å²) in [5.41, 5.74) is 2.78. The number of halogens is 1. The zero-order valence-electron chi connectivity index (χ0n) is 12.3. The van der Waals surface area contributed by atoms with E-state index < -0.39 is 6.10 Å². The number of hydrogen-bond acceptors (Lipinski definition) is 2. The van der Waals surface area contributed by atoms with Crippen LogP contribution in [0.4, 0.5) is 5.69 Å². The van der Waals surface area contributed by atoms with Crippen molar-refractivity contribution in [1.29, 1.82) is 0 Å². The molecule has 0 aliphatic carbocycles. The topological polar surface area (TPSA) is 38.3 Å². The third-order valence-corrected chi connectivity index (χ3v) is 3.52. The third-order valence-electron chi connectivity index (χ3n) is 3.10. The van der Waals surface area contributed by atoms with Gasteiger partial charge in [-0.25, -0.2) is 0 Å². The first-order valence-electron chi connectivity index (χ1n) is 6.76. The molecule has 0 unspecified atom stereocenters. The number of rotatable bonds is 4. The van der Waals surface area contributed by atoms with Crippen LogP contribution in [0.3, 0.4) is 0 Å². The number of hydrogen-bond donors (Lipinski definition) is 1. The van der Waals surface area contributed by atoms with Gasteiger partial charge in [0.25, 0.3) is 5.91 Å². The van der Waals surface area contributed by atoms with E-state index >= 15 is 0 Å². The number of amides is 1. The summed E-state index contributed by atoms with van der Waals surface area (Å²) in [5.74, 6) is 0.442. The van der Waals surface area contributed by atoms with Gasteiger partial charge in [-0.1, -0.05) is 23.7 Å². The van der Waals surface area contributed by atoms with Crippen LogP contribution in [-0.2, 0) is 4.79 Å². The number of nitrogens with one attached hydrogen (secondary N) is 1. The Morgan fingerprint density at radius 1 is 1.19 bits per heavy atom. The van der Waals surface area contributed by atoms with Gasteiger partial charge in [-0.2, -0.15) is 0 Å². The maximum absolute atomic E-state index is 12.1. The fraction of sp³-hybridized carbons (Fsp3) is 0.235. The molecule has 2 rings (SSSR count). The van der Waals surface area contributed by atoms with Crippen LogP contribution in [0.25, 0.3) is 0 Å². The first-order valence-corrected chi connectivity index (χ1v) is 7.14. The molecule has 110 valence electrons. The van der Waals surface area contributed by atoms with Gasteiger partial charge in [-0.05, 0) is 62.2 Å². The van der Waals surface area contributed by atoms with E-state index in [2.05, 4.69) is 5.32 Å². The molecule has 1 N–H and O–H groups in total. The summed E-state index contributed by atoms with van der Waals surface area (Å²) in [6, 6.07) is 13.0. The van der Waals surface area contributed by atoms with Crippen LogP contribution >= 0.6 is 11.6 Å². The minimum atomic E-state index is -0.592. The van der Waals surface area contributed by atoms with Crippen LogP contribution in [0.15, 0.2) is 42.5 Å². The highest BCUT2D eigenvalue weighted by molar-refractivity contribution is 6.31. The molecule has 0 bridgehead atoms.